The highest BCUT2D eigenvalue weighted by Crippen LogP contribution is 2.26. The Labute approximate surface area is 145 Å². The predicted octanol–water partition coefficient (Wildman–Crippen LogP) is 2.94. The van der Waals surface area contributed by atoms with Crippen molar-refractivity contribution in [2.75, 3.05) is 13.1 Å². The summed E-state index contributed by atoms with van der Waals surface area (Å²) in [5, 5.41) is 7.77. The van der Waals surface area contributed by atoms with Crippen LogP contribution in [0.1, 0.15) is 63.8 Å². The average Bonchev–Trinajstić information content (AvgIpc) is 2.76. The van der Waals surface area contributed by atoms with Crippen molar-refractivity contribution >= 4 is 5.91 Å². The van der Waals surface area contributed by atoms with Crippen molar-refractivity contribution in [1.82, 2.24) is 20.0 Å². The minimum absolute atomic E-state index is 0.208. The number of rotatable bonds is 7. The second-order valence-electron chi connectivity index (χ2n) is 7.68. The van der Waals surface area contributed by atoms with Crippen LogP contribution in [0.15, 0.2) is 6.07 Å². The number of carbonyl (C=O) groups is 1. The highest BCUT2D eigenvalue weighted by atomic mass is 16.1. The van der Waals surface area contributed by atoms with E-state index in [0.29, 0.717) is 6.54 Å². The number of carbonyl (C=O) groups excluding carboxylic acids is 1. The third-order valence-corrected chi connectivity index (χ3v) is 5.41. The number of amides is 1. The average molecular weight is 332 g/mol. The summed E-state index contributed by atoms with van der Waals surface area (Å²) in [7, 11) is 0. The summed E-state index contributed by atoms with van der Waals surface area (Å²) in [4.78, 5) is 14.5. The Morgan fingerprint density at radius 1 is 1.38 bits per heavy atom. The van der Waals surface area contributed by atoms with Crippen molar-refractivity contribution in [2.24, 2.45) is 11.8 Å². The summed E-state index contributed by atoms with van der Waals surface area (Å²) in [5.74, 6) is 1.21. The van der Waals surface area contributed by atoms with E-state index in [9.17, 15) is 4.79 Å². The molecule has 134 valence electrons. The van der Waals surface area contributed by atoms with Gasteiger partial charge in [0, 0.05) is 32.1 Å². The van der Waals surface area contributed by atoms with Crippen LogP contribution in [0.25, 0.3) is 0 Å². The number of fused-ring (bicyclic) bond motifs is 1. The van der Waals surface area contributed by atoms with E-state index in [1.165, 1.54) is 31.5 Å². The lowest BCUT2D eigenvalue weighted by molar-refractivity contribution is -0.127. The third-order valence-electron chi connectivity index (χ3n) is 5.41. The van der Waals surface area contributed by atoms with Gasteiger partial charge in [-0.2, -0.15) is 5.10 Å². The van der Waals surface area contributed by atoms with E-state index in [-0.39, 0.29) is 11.8 Å². The Kier molecular flexibility index (Phi) is 5.93. The number of hydrogen-bond donors (Lipinski definition) is 1. The van der Waals surface area contributed by atoms with Crippen LogP contribution in [-0.4, -0.2) is 33.7 Å². The summed E-state index contributed by atoms with van der Waals surface area (Å²) in [6.07, 6.45) is 7.02. The normalized spacial score (nSPS) is 20.1. The van der Waals surface area contributed by atoms with Crippen LogP contribution in [-0.2, 0) is 24.4 Å². The molecule has 0 aromatic carbocycles. The van der Waals surface area contributed by atoms with Crippen LogP contribution in [0.3, 0.4) is 0 Å². The summed E-state index contributed by atoms with van der Waals surface area (Å²) < 4.78 is 2.15. The Morgan fingerprint density at radius 2 is 2.21 bits per heavy atom. The van der Waals surface area contributed by atoms with Crippen LogP contribution in [0.4, 0.5) is 0 Å². The molecule has 2 heterocycles. The van der Waals surface area contributed by atoms with Gasteiger partial charge in [-0.25, -0.2) is 0 Å². The minimum Gasteiger partial charge on any atom is -0.350 e. The number of nitrogens with zero attached hydrogens (tertiary/aromatic N) is 3. The van der Waals surface area contributed by atoms with Gasteiger partial charge >= 0.3 is 0 Å². The van der Waals surface area contributed by atoms with Crippen molar-refractivity contribution in [2.45, 2.75) is 72.0 Å². The van der Waals surface area contributed by atoms with Gasteiger partial charge in [-0.1, -0.05) is 26.7 Å². The Balaban J connectivity index is 1.54. The maximum atomic E-state index is 12.0. The van der Waals surface area contributed by atoms with E-state index >= 15 is 0 Å². The Bertz CT molecular complexity index is 550. The molecule has 1 fully saturated rings. The first-order valence-corrected chi connectivity index (χ1v) is 9.71. The largest absolute Gasteiger partial charge is 0.350 e. The van der Waals surface area contributed by atoms with Gasteiger partial charge < -0.3 is 5.32 Å². The molecule has 1 aromatic heterocycles. The van der Waals surface area contributed by atoms with Gasteiger partial charge in [0.05, 0.1) is 17.9 Å². The monoisotopic (exact) mass is 332 g/mol. The molecule has 1 aliphatic heterocycles. The maximum Gasteiger partial charge on any atom is 0.223 e. The van der Waals surface area contributed by atoms with Crippen molar-refractivity contribution in [1.29, 1.82) is 0 Å². The lowest BCUT2D eigenvalue weighted by Gasteiger charge is -2.23. The molecule has 1 aliphatic carbocycles. The summed E-state index contributed by atoms with van der Waals surface area (Å²) in [6.45, 7) is 9.49. The minimum atomic E-state index is 0.208. The van der Waals surface area contributed by atoms with Gasteiger partial charge in [0.25, 0.3) is 0 Å². The summed E-state index contributed by atoms with van der Waals surface area (Å²) in [6, 6.07) is 2.18. The molecule has 1 aromatic rings. The molecule has 1 N–H and O–H groups in total. The number of aryl methyl sites for hydroxylation is 1. The molecule has 3 rings (SSSR count). The second-order valence-corrected chi connectivity index (χ2v) is 7.68. The van der Waals surface area contributed by atoms with Gasteiger partial charge in [-0.3, -0.25) is 14.4 Å². The SMILES string of the molecule is CCC[C@H](C)CN1CCCn2nc(CNC(=O)C3CCC3)cc2C1. The standard InChI is InChI=1S/C19H32N4O/c1-3-6-15(2)13-22-9-5-10-23-18(14-22)11-17(21-23)12-20-19(24)16-7-4-8-16/h11,15-16H,3-10,12-14H2,1-2H3,(H,20,24)/t15-/m0/s1. The van der Waals surface area contributed by atoms with E-state index in [1.807, 2.05) is 0 Å². The molecule has 5 nitrogen and oxygen atoms in total. The van der Waals surface area contributed by atoms with E-state index in [2.05, 4.69) is 34.8 Å². The van der Waals surface area contributed by atoms with Crippen LogP contribution < -0.4 is 5.32 Å². The topological polar surface area (TPSA) is 50.2 Å². The highest BCUT2D eigenvalue weighted by molar-refractivity contribution is 5.79. The van der Waals surface area contributed by atoms with Crippen LogP contribution in [0, 0.1) is 11.8 Å². The molecular formula is C19H32N4O. The Hall–Kier alpha value is -1.36. The smallest absolute Gasteiger partial charge is 0.223 e. The Morgan fingerprint density at radius 3 is 2.92 bits per heavy atom. The number of nitrogens with one attached hydrogen (secondary N) is 1. The summed E-state index contributed by atoms with van der Waals surface area (Å²) in [5.41, 5.74) is 2.30. The molecule has 1 amide bonds. The molecule has 0 spiro atoms. The third kappa shape index (κ3) is 4.38. The fraction of sp³-hybridized carbons (Fsp3) is 0.789. The quantitative estimate of drug-likeness (QED) is 0.835. The zero-order valence-corrected chi connectivity index (χ0v) is 15.3. The fourth-order valence-electron chi connectivity index (χ4n) is 3.85. The molecule has 0 radical (unpaired) electrons. The lowest BCUT2D eigenvalue weighted by atomic mass is 9.85. The van der Waals surface area contributed by atoms with Crippen molar-refractivity contribution in [3.05, 3.63) is 17.5 Å². The van der Waals surface area contributed by atoms with Crippen molar-refractivity contribution < 1.29 is 4.79 Å². The molecule has 1 atom stereocenters. The molecule has 5 heteroatoms. The number of aromatic nitrogens is 2. The van der Waals surface area contributed by atoms with E-state index in [4.69, 9.17) is 5.10 Å². The van der Waals surface area contributed by atoms with Crippen LogP contribution in [0.5, 0.6) is 0 Å². The summed E-state index contributed by atoms with van der Waals surface area (Å²) >= 11 is 0. The van der Waals surface area contributed by atoms with Crippen LogP contribution in [0.2, 0.25) is 0 Å². The zero-order valence-electron chi connectivity index (χ0n) is 15.3. The first-order valence-electron chi connectivity index (χ1n) is 9.71. The lowest BCUT2D eigenvalue weighted by Crippen LogP contribution is -2.34. The van der Waals surface area contributed by atoms with Gasteiger partial charge in [-0.15, -0.1) is 0 Å². The first kappa shape index (κ1) is 17.5. The van der Waals surface area contributed by atoms with Crippen molar-refractivity contribution in [3.8, 4) is 0 Å². The zero-order chi connectivity index (χ0) is 16.9. The predicted molar refractivity (Wildman–Crippen MR) is 95.4 cm³/mol. The molecule has 2 aliphatic rings. The second kappa shape index (κ2) is 8.15. The van der Waals surface area contributed by atoms with Gasteiger partial charge in [0.2, 0.25) is 5.91 Å². The number of hydrogen-bond acceptors (Lipinski definition) is 3. The van der Waals surface area contributed by atoms with Crippen molar-refractivity contribution in [3.63, 3.8) is 0 Å². The highest BCUT2D eigenvalue weighted by Gasteiger charge is 2.25. The molecule has 0 saturated heterocycles. The molecule has 1 saturated carbocycles. The van der Waals surface area contributed by atoms with Gasteiger partial charge in [0.1, 0.15) is 0 Å². The van der Waals surface area contributed by atoms with E-state index in [0.717, 1.165) is 50.5 Å². The maximum absolute atomic E-state index is 12.0. The first-order chi connectivity index (χ1) is 11.7. The fourth-order valence-corrected chi connectivity index (χ4v) is 3.85. The van der Waals surface area contributed by atoms with E-state index in [1.54, 1.807) is 0 Å². The molecule has 0 bridgehead atoms. The van der Waals surface area contributed by atoms with E-state index < -0.39 is 0 Å². The molecule has 0 unspecified atom stereocenters. The molecule has 24 heavy (non-hydrogen) atoms. The van der Waals surface area contributed by atoms with Crippen LogP contribution >= 0.6 is 0 Å². The van der Waals surface area contributed by atoms with Gasteiger partial charge in [0.15, 0.2) is 0 Å². The molecular weight excluding hydrogens is 300 g/mol. The van der Waals surface area contributed by atoms with Gasteiger partial charge in [-0.05, 0) is 37.7 Å².